The number of hydrazone groups is 1. The molecule has 0 saturated heterocycles. The van der Waals surface area contributed by atoms with Crippen LogP contribution in [0.2, 0.25) is 0 Å². The monoisotopic (exact) mass is 324 g/mol. The average molecular weight is 324 g/mol. The van der Waals surface area contributed by atoms with Crippen molar-refractivity contribution in [3.63, 3.8) is 0 Å². The number of hydrogen-bond acceptors (Lipinski definition) is 6. The van der Waals surface area contributed by atoms with Crippen LogP contribution >= 0.6 is 34.9 Å². The van der Waals surface area contributed by atoms with Gasteiger partial charge in [0.05, 0.1) is 6.21 Å². The van der Waals surface area contributed by atoms with Gasteiger partial charge in [0.1, 0.15) is 10.7 Å². The van der Waals surface area contributed by atoms with Gasteiger partial charge in [-0.2, -0.15) is 5.10 Å². The van der Waals surface area contributed by atoms with Crippen LogP contribution in [-0.2, 0) is 6.54 Å². The summed E-state index contributed by atoms with van der Waals surface area (Å²) >= 11 is 7.85. The fourth-order valence-corrected chi connectivity index (χ4v) is 3.27. The molecule has 1 amide bonds. The lowest BCUT2D eigenvalue weighted by molar-refractivity contribution is 0.0959. The zero-order chi connectivity index (χ0) is 14.5. The number of allylic oxidation sites excluding steroid dienone is 1. The van der Waals surface area contributed by atoms with E-state index in [0.29, 0.717) is 21.2 Å². The van der Waals surface area contributed by atoms with Gasteiger partial charge in [0.25, 0.3) is 5.91 Å². The second-order valence-electron chi connectivity index (χ2n) is 3.70. The minimum Gasteiger partial charge on any atom is -0.384 e. The molecule has 0 aliphatic rings. The number of amides is 1. The number of aromatic nitrogens is 1. The molecule has 5 nitrogen and oxygen atoms in total. The summed E-state index contributed by atoms with van der Waals surface area (Å²) in [6, 6.07) is 3.81. The normalized spacial score (nSPS) is 10.8. The van der Waals surface area contributed by atoms with E-state index in [2.05, 4.69) is 17.1 Å². The van der Waals surface area contributed by atoms with Crippen molar-refractivity contribution in [2.45, 2.75) is 6.54 Å². The van der Waals surface area contributed by atoms with Crippen LogP contribution in [0.3, 0.4) is 0 Å². The first-order valence-corrected chi connectivity index (χ1v) is 7.71. The smallest absolute Gasteiger partial charge is 0.285 e. The van der Waals surface area contributed by atoms with E-state index in [-0.39, 0.29) is 5.91 Å². The molecule has 0 saturated carbocycles. The maximum Gasteiger partial charge on any atom is 0.285 e. The lowest BCUT2D eigenvalue weighted by Crippen LogP contribution is -2.18. The fourth-order valence-electron chi connectivity index (χ4n) is 1.45. The minimum absolute atomic E-state index is 0.337. The van der Waals surface area contributed by atoms with Gasteiger partial charge in [0.15, 0.2) is 3.95 Å². The summed E-state index contributed by atoms with van der Waals surface area (Å²) in [5.41, 5.74) is 8.35. The van der Waals surface area contributed by atoms with E-state index in [0.717, 1.165) is 16.2 Å². The molecule has 8 heteroatoms. The maximum atomic E-state index is 12.0. The van der Waals surface area contributed by atoms with Gasteiger partial charge in [-0.05, 0) is 23.7 Å². The average Bonchev–Trinajstić information content (AvgIpc) is 3.02. The number of nitrogens with one attached hydrogen (secondary N) is 1. The van der Waals surface area contributed by atoms with E-state index in [1.807, 2.05) is 17.5 Å². The van der Waals surface area contributed by atoms with E-state index in [4.69, 9.17) is 18.0 Å². The van der Waals surface area contributed by atoms with Crippen LogP contribution < -0.4 is 11.2 Å². The van der Waals surface area contributed by atoms with E-state index in [1.165, 1.54) is 11.3 Å². The number of thiophene rings is 1. The maximum absolute atomic E-state index is 12.0. The van der Waals surface area contributed by atoms with Gasteiger partial charge in [0, 0.05) is 11.4 Å². The summed E-state index contributed by atoms with van der Waals surface area (Å²) < 4.78 is 2.19. The lowest BCUT2D eigenvalue weighted by atomic mass is 10.4. The van der Waals surface area contributed by atoms with Crippen molar-refractivity contribution in [1.29, 1.82) is 0 Å². The van der Waals surface area contributed by atoms with E-state index < -0.39 is 0 Å². The van der Waals surface area contributed by atoms with Gasteiger partial charge in [0.2, 0.25) is 0 Å². The number of carbonyl (C=O) groups is 1. The molecule has 0 fully saturated rings. The number of thiazole rings is 1. The second kappa shape index (κ2) is 6.60. The Labute approximate surface area is 129 Å². The van der Waals surface area contributed by atoms with Gasteiger partial charge in [-0.25, -0.2) is 5.43 Å². The number of nitrogens with zero attached hydrogens (tertiary/aromatic N) is 2. The third kappa shape index (κ3) is 3.21. The molecular formula is C12H12N4OS3. The molecule has 20 heavy (non-hydrogen) atoms. The van der Waals surface area contributed by atoms with Gasteiger partial charge < -0.3 is 10.3 Å². The first-order valence-electron chi connectivity index (χ1n) is 5.60. The van der Waals surface area contributed by atoms with Crippen molar-refractivity contribution in [1.82, 2.24) is 9.99 Å². The molecule has 0 spiro atoms. The molecule has 0 aliphatic carbocycles. The number of nitrogen functional groups attached to an aromatic ring is 1. The molecular weight excluding hydrogens is 312 g/mol. The molecule has 104 valence electrons. The molecule has 2 heterocycles. The Morgan fingerprint density at radius 2 is 2.45 bits per heavy atom. The van der Waals surface area contributed by atoms with Crippen LogP contribution in [0.25, 0.3) is 0 Å². The van der Waals surface area contributed by atoms with Crippen LogP contribution in [0.15, 0.2) is 35.3 Å². The van der Waals surface area contributed by atoms with E-state index in [9.17, 15) is 4.79 Å². The Kier molecular flexibility index (Phi) is 4.83. The van der Waals surface area contributed by atoms with Crippen molar-refractivity contribution in [2.75, 3.05) is 5.73 Å². The Morgan fingerprint density at radius 3 is 3.10 bits per heavy atom. The molecule has 3 N–H and O–H groups in total. The minimum atomic E-state index is -0.366. The standard InChI is InChI=1S/C12H12N4OS3/c1-2-5-16-10(13)9(20-12(16)18)11(17)15-14-7-8-4-3-6-19-8/h2-4,6-7H,1,5,13H2,(H,15,17)/b14-7+. The Balaban J connectivity index is 2.12. The first kappa shape index (κ1) is 14.6. The van der Waals surface area contributed by atoms with Crippen molar-refractivity contribution >= 4 is 52.8 Å². The predicted octanol–water partition coefficient (Wildman–Crippen LogP) is 2.87. The van der Waals surface area contributed by atoms with Crippen LogP contribution in [-0.4, -0.2) is 16.7 Å². The molecule has 2 aromatic rings. The van der Waals surface area contributed by atoms with Crippen molar-refractivity contribution in [3.05, 3.63) is 43.9 Å². The van der Waals surface area contributed by atoms with E-state index >= 15 is 0 Å². The quantitative estimate of drug-likeness (QED) is 0.384. The fraction of sp³-hybridized carbons (Fsp3) is 0.0833. The molecule has 2 rings (SSSR count). The highest BCUT2D eigenvalue weighted by atomic mass is 32.1. The van der Waals surface area contributed by atoms with Crippen LogP contribution in [0, 0.1) is 3.95 Å². The number of nitrogens with two attached hydrogens (primary N) is 1. The highest BCUT2D eigenvalue weighted by molar-refractivity contribution is 7.73. The highest BCUT2D eigenvalue weighted by Crippen LogP contribution is 2.22. The van der Waals surface area contributed by atoms with Gasteiger partial charge in [-0.3, -0.25) is 4.79 Å². The molecule has 2 aromatic heterocycles. The Morgan fingerprint density at radius 1 is 1.65 bits per heavy atom. The zero-order valence-corrected chi connectivity index (χ0v) is 12.9. The molecule has 0 bridgehead atoms. The third-order valence-corrected chi connectivity index (χ3v) is 4.62. The largest absolute Gasteiger partial charge is 0.384 e. The van der Waals surface area contributed by atoms with Crippen LogP contribution in [0.5, 0.6) is 0 Å². The van der Waals surface area contributed by atoms with Gasteiger partial charge in [-0.15, -0.1) is 17.9 Å². The SMILES string of the molecule is C=CCn1c(N)c(C(=O)N/N=C/c2cccs2)sc1=S. The van der Waals surface area contributed by atoms with E-state index in [1.54, 1.807) is 16.9 Å². The Hall–Kier alpha value is -1.77. The summed E-state index contributed by atoms with van der Waals surface area (Å²) in [6.45, 7) is 4.11. The molecule has 0 radical (unpaired) electrons. The predicted molar refractivity (Wildman–Crippen MR) is 87.1 cm³/mol. The summed E-state index contributed by atoms with van der Waals surface area (Å²) in [7, 11) is 0. The molecule has 0 aliphatic heterocycles. The topological polar surface area (TPSA) is 72.4 Å². The molecule has 0 unspecified atom stereocenters. The zero-order valence-electron chi connectivity index (χ0n) is 10.4. The van der Waals surface area contributed by atoms with Gasteiger partial charge >= 0.3 is 0 Å². The number of anilines is 1. The van der Waals surface area contributed by atoms with Crippen molar-refractivity contribution in [3.8, 4) is 0 Å². The molecule has 0 atom stereocenters. The first-order chi connectivity index (χ1) is 9.63. The number of hydrogen-bond donors (Lipinski definition) is 2. The van der Waals surface area contributed by atoms with Crippen molar-refractivity contribution < 1.29 is 4.79 Å². The summed E-state index contributed by atoms with van der Waals surface area (Å²) in [4.78, 5) is 13.3. The summed E-state index contributed by atoms with van der Waals surface area (Å²) in [5.74, 6) is -0.0297. The lowest BCUT2D eigenvalue weighted by Gasteiger charge is -2.02. The Bertz CT molecular complexity index is 697. The number of rotatable bonds is 5. The highest BCUT2D eigenvalue weighted by Gasteiger charge is 2.15. The van der Waals surface area contributed by atoms with Crippen molar-refractivity contribution in [2.24, 2.45) is 5.10 Å². The number of carbonyl (C=O) groups excluding carboxylic acids is 1. The van der Waals surface area contributed by atoms with Crippen LogP contribution in [0.1, 0.15) is 14.5 Å². The molecule has 0 aromatic carbocycles. The van der Waals surface area contributed by atoms with Gasteiger partial charge in [-0.1, -0.05) is 23.5 Å². The third-order valence-electron chi connectivity index (χ3n) is 2.35. The summed E-state index contributed by atoms with van der Waals surface area (Å²) in [5, 5.41) is 5.82. The summed E-state index contributed by atoms with van der Waals surface area (Å²) in [6.07, 6.45) is 3.26. The van der Waals surface area contributed by atoms with Crippen LogP contribution in [0.4, 0.5) is 5.82 Å². The second-order valence-corrected chi connectivity index (χ2v) is 6.32.